The standard InChI is InChI=1S/C27H33NO3S/c1-4-28(5-2)16-17-31-21-12-10-19(11-13-21)26(29)25-23-15-14-22(30-3)18-24(23)32-27(25)20-8-6-7-9-20/h10-15,18,20H,4-9,16-17H2,1-3H3. The maximum Gasteiger partial charge on any atom is 0.194 e. The molecule has 0 bridgehead atoms. The first-order valence-electron chi connectivity index (χ1n) is 11.7. The molecule has 1 aliphatic rings. The summed E-state index contributed by atoms with van der Waals surface area (Å²) in [6, 6.07) is 13.7. The fourth-order valence-electron chi connectivity index (χ4n) is 4.61. The van der Waals surface area contributed by atoms with E-state index >= 15 is 0 Å². The van der Waals surface area contributed by atoms with E-state index in [4.69, 9.17) is 9.47 Å². The number of rotatable bonds is 10. The molecule has 0 aliphatic heterocycles. The van der Waals surface area contributed by atoms with Gasteiger partial charge in [-0.25, -0.2) is 0 Å². The summed E-state index contributed by atoms with van der Waals surface area (Å²) in [5, 5.41) is 1.04. The largest absolute Gasteiger partial charge is 0.497 e. The molecule has 0 spiro atoms. The molecule has 0 saturated heterocycles. The Bertz CT molecular complexity index is 1050. The van der Waals surface area contributed by atoms with Crippen molar-refractivity contribution in [2.45, 2.75) is 45.4 Å². The van der Waals surface area contributed by atoms with Crippen LogP contribution in [0.4, 0.5) is 0 Å². The van der Waals surface area contributed by atoms with E-state index in [0.717, 1.165) is 52.3 Å². The second-order valence-electron chi connectivity index (χ2n) is 8.41. The van der Waals surface area contributed by atoms with Crippen LogP contribution in [0.1, 0.15) is 66.2 Å². The molecule has 2 aromatic carbocycles. The summed E-state index contributed by atoms with van der Waals surface area (Å²) in [4.78, 5) is 17.3. The van der Waals surface area contributed by atoms with Crippen LogP contribution in [0.2, 0.25) is 0 Å². The van der Waals surface area contributed by atoms with Crippen LogP contribution in [0.3, 0.4) is 0 Å². The van der Waals surface area contributed by atoms with Gasteiger partial charge in [0.2, 0.25) is 0 Å². The van der Waals surface area contributed by atoms with Crippen LogP contribution in [-0.4, -0.2) is 44.0 Å². The van der Waals surface area contributed by atoms with Crippen molar-refractivity contribution in [3.8, 4) is 11.5 Å². The number of ketones is 1. The molecule has 0 unspecified atom stereocenters. The molecule has 4 rings (SSSR count). The molecular weight excluding hydrogens is 418 g/mol. The molecular formula is C27H33NO3S. The molecule has 0 amide bonds. The summed E-state index contributed by atoms with van der Waals surface area (Å²) >= 11 is 1.76. The number of thiophene rings is 1. The van der Waals surface area contributed by atoms with Gasteiger partial charge in [-0.05, 0) is 74.3 Å². The molecule has 3 aromatic rings. The number of ether oxygens (including phenoxy) is 2. The number of hydrogen-bond acceptors (Lipinski definition) is 5. The lowest BCUT2D eigenvalue weighted by molar-refractivity contribution is 0.103. The summed E-state index contributed by atoms with van der Waals surface area (Å²) < 4.78 is 12.5. The number of nitrogens with zero attached hydrogens (tertiary/aromatic N) is 1. The van der Waals surface area contributed by atoms with Gasteiger partial charge in [0.25, 0.3) is 0 Å². The van der Waals surface area contributed by atoms with E-state index < -0.39 is 0 Å². The molecule has 32 heavy (non-hydrogen) atoms. The van der Waals surface area contributed by atoms with Crippen molar-refractivity contribution in [3.63, 3.8) is 0 Å². The van der Waals surface area contributed by atoms with Crippen molar-refractivity contribution in [3.05, 3.63) is 58.5 Å². The molecule has 0 radical (unpaired) electrons. The number of likely N-dealkylation sites (N-methyl/N-ethyl adjacent to an activating group) is 1. The highest BCUT2D eigenvalue weighted by Crippen LogP contribution is 2.44. The third kappa shape index (κ3) is 4.84. The number of benzene rings is 2. The Morgan fingerprint density at radius 3 is 2.38 bits per heavy atom. The molecule has 0 atom stereocenters. The number of hydrogen-bond donors (Lipinski definition) is 0. The average Bonchev–Trinajstić information content (AvgIpc) is 3.49. The van der Waals surface area contributed by atoms with E-state index in [2.05, 4.69) is 24.8 Å². The highest BCUT2D eigenvalue weighted by atomic mass is 32.1. The van der Waals surface area contributed by atoms with Crippen molar-refractivity contribution in [2.75, 3.05) is 33.4 Å². The van der Waals surface area contributed by atoms with Crippen LogP contribution in [-0.2, 0) is 0 Å². The lowest BCUT2D eigenvalue weighted by Crippen LogP contribution is -2.27. The lowest BCUT2D eigenvalue weighted by atomic mass is 9.94. The van der Waals surface area contributed by atoms with Gasteiger partial charge in [0, 0.05) is 32.6 Å². The maximum atomic E-state index is 13.7. The predicted octanol–water partition coefficient (Wildman–Crippen LogP) is 6.52. The van der Waals surface area contributed by atoms with E-state index in [1.165, 1.54) is 30.6 Å². The Morgan fingerprint density at radius 1 is 1.03 bits per heavy atom. The SMILES string of the molecule is CCN(CC)CCOc1ccc(C(=O)c2c(C3CCCC3)sc3cc(OC)ccc23)cc1. The summed E-state index contributed by atoms with van der Waals surface area (Å²) in [5.41, 5.74) is 1.60. The van der Waals surface area contributed by atoms with Gasteiger partial charge in [-0.15, -0.1) is 11.3 Å². The smallest absolute Gasteiger partial charge is 0.194 e. The number of fused-ring (bicyclic) bond motifs is 1. The summed E-state index contributed by atoms with van der Waals surface area (Å²) in [5.74, 6) is 2.24. The first-order valence-corrected chi connectivity index (χ1v) is 12.6. The van der Waals surface area contributed by atoms with E-state index in [0.29, 0.717) is 12.5 Å². The molecule has 1 saturated carbocycles. The van der Waals surface area contributed by atoms with Crippen molar-refractivity contribution >= 4 is 27.2 Å². The van der Waals surface area contributed by atoms with Gasteiger partial charge in [0.05, 0.1) is 7.11 Å². The van der Waals surface area contributed by atoms with Gasteiger partial charge in [-0.1, -0.05) is 26.7 Å². The first kappa shape index (κ1) is 22.8. The molecule has 5 heteroatoms. The normalized spacial score (nSPS) is 14.4. The summed E-state index contributed by atoms with van der Waals surface area (Å²) in [6.07, 6.45) is 4.83. The van der Waals surface area contributed by atoms with Gasteiger partial charge in [-0.3, -0.25) is 4.79 Å². The lowest BCUT2D eigenvalue weighted by Gasteiger charge is -2.18. The minimum absolute atomic E-state index is 0.109. The second kappa shape index (κ2) is 10.5. The first-order chi connectivity index (χ1) is 15.6. The highest BCUT2D eigenvalue weighted by Gasteiger charge is 2.27. The van der Waals surface area contributed by atoms with Gasteiger partial charge >= 0.3 is 0 Å². The Hall–Kier alpha value is -2.37. The fraction of sp³-hybridized carbons (Fsp3) is 0.444. The number of methoxy groups -OCH3 is 1. The minimum atomic E-state index is 0.109. The van der Waals surface area contributed by atoms with Crippen LogP contribution in [0, 0.1) is 0 Å². The zero-order chi connectivity index (χ0) is 22.5. The van der Waals surface area contributed by atoms with E-state index in [1.54, 1.807) is 18.4 Å². The highest BCUT2D eigenvalue weighted by molar-refractivity contribution is 7.19. The van der Waals surface area contributed by atoms with Crippen molar-refractivity contribution in [2.24, 2.45) is 0 Å². The minimum Gasteiger partial charge on any atom is -0.497 e. The monoisotopic (exact) mass is 451 g/mol. The van der Waals surface area contributed by atoms with Gasteiger partial charge < -0.3 is 14.4 Å². The van der Waals surface area contributed by atoms with Crippen LogP contribution < -0.4 is 9.47 Å². The van der Waals surface area contributed by atoms with Gasteiger partial charge in [0.1, 0.15) is 18.1 Å². The Labute approximate surface area is 195 Å². The quantitative estimate of drug-likeness (QED) is 0.329. The summed E-state index contributed by atoms with van der Waals surface area (Å²) in [7, 11) is 1.68. The Balaban J connectivity index is 1.58. The van der Waals surface area contributed by atoms with Crippen molar-refractivity contribution < 1.29 is 14.3 Å². The van der Waals surface area contributed by atoms with Crippen molar-refractivity contribution in [1.29, 1.82) is 0 Å². The molecule has 1 fully saturated rings. The fourth-order valence-corrected chi connectivity index (χ4v) is 6.01. The molecule has 4 nitrogen and oxygen atoms in total. The van der Waals surface area contributed by atoms with E-state index in [9.17, 15) is 4.79 Å². The van der Waals surface area contributed by atoms with Crippen LogP contribution in [0.25, 0.3) is 10.1 Å². The number of carbonyl (C=O) groups excluding carboxylic acids is 1. The maximum absolute atomic E-state index is 13.7. The predicted molar refractivity (Wildman–Crippen MR) is 133 cm³/mol. The van der Waals surface area contributed by atoms with Crippen molar-refractivity contribution in [1.82, 2.24) is 4.90 Å². The van der Waals surface area contributed by atoms with E-state index in [-0.39, 0.29) is 5.78 Å². The van der Waals surface area contributed by atoms with Gasteiger partial charge in [-0.2, -0.15) is 0 Å². The Kier molecular flexibility index (Phi) is 7.48. The topological polar surface area (TPSA) is 38.8 Å². The average molecular weight is 452 g/mol. The third-order valence-electron chi connectivity index (χ3n) is 6.56. The molecule has 170 valence electrons. The molecule has 1 aliphatic carbocycles. The van der Waals surface area contributed by atoms with Crippen LogP contribution in [0.15, 0.2) is 42.5 Å². The molecule has 1 aromatic heterocycles. The zero-order valence-electron chi connectivity index (χ0n) is 19.4. The van der Waals surface area contributed by atoms with Crippen LogP contribution in [0.5, 0.6) is 11.5 Å². The summed E-state index contributed by atoms with van der Waals surface area (Å²) in [6.45, 7) is 7.93. The Morgan fingerprint density at radius 2 is 1.72 bits per heavy atom. The van der Waals surface area contributed by atoms with Crippen LogP contribution >= 0.6 is 11.3 Å². The molecule has 1 heterocycles. The van der Waals surface area contributed by atoms with Gasteiger partial charge in [0.15, 0.2) is 5.78 Å². The zero-order valence-corrected chi connectivity index (χ0v) is 20.2. The third-order valence-corrected chi connectivity index (χ3v) is 7.88. The van der Waals surface area contributed by atoms with E-state index in [1.807, 2.05) is 36.4 Å². The molecule has 0 N–H and O–H groups in total. The number of carbonyl (C=O) groups is 1. The second-order valence-corrected chi connectivity index (χ2v) is 9.50.